The summed E-state index contributed by atoms with van der Waals surface area (Å²) in [7, 11) is 0. The quantitative estimate of drug-likeness (QED) is 0.876. The van der Waals surface area contributed by atoms with Crippen molar-refractivity contribution in [3.05, 3.63) is 34.0 Å². The van der Waals surface area contributed by atoms with Crippen LogP contribution in [0.3, 0.4) is 0 Å². The van der Waals surface area contributed by atoms with Crippen molar-refractivity contribution in [2.75, 3.05) is 0 Å². The highest BCUT2D eigenvalue weighted by molar-refractivity contribution is 7.09. The van der Waals surface area contributed by atoms with Crippen LogP contribution in [0.4, 0.5) is 0 Å². The van der Waals surface area contributed by atoms with Crippen molar-refractivity contribution in [2.24, 2.45) is 0 Å². The highest BCUT2D eigenvalue weighted by atomic mass is 32.1. The average Bonchev–Trinajstić information content (AvgIpc) is 2.83. The van der Waals surface area contributed by atoms with Gasteiger partial charge in [0.25, 0.3) is 0 Å². The van der Waals surface area contributed by atoms with Gasteiger partial charge in [0.2, 0.25) is 0 Å². The van der Waals surface area contributed by atoms with Crippen LogP contribution >= 0.6 is 11.3 Å². The number of nitrogens with zero attached hydrogens (tertiary/aromatic N) is 3. The number of thiazole rings is 1. The molecule has 6 heteroatoms. The van der Waals surface area contributed by atoms with Gasteiger partial charge in [-0.3, -0.25) is 4.68 Å². The average molecular weight is 237 g/mol. The summed E-state index contributed by atoms with van der Waals surface area (Å²) in [6.45, 7) is 2.65. The van der Waals surface area contributed by atoms with Crippen LogP contribution in [0.25, 0.3) is 0 Å². The summed E-state index contributed by atoms with van der Waals surface area (Å²) in [4.78, 5) is 16.0. The minimum atomic E-state index is -0.944. The van der Waals surface area contributed by atoms with Gasteiger partial charge in [-0.05, 0) is 6.92 Å². The number of aromatic carboxylic acids is 1. The van der Waals surface area contributed by atoms with Gasteiger partial charge in [-0.1, -0.05) is 0 Å². The van der Waals surface area contributed by atoms with Crippen molar-refractivity contribution in [3.63, 3.8) is 0 Å². The number of carboxylic acid groups (broad SMARTS) is 1. The minimum Gasteiger partial charge on any atom is -0.478 e. The van der Waals surface area contributed by atoms with E-state index in [2.05, 4.69) is 10.1 Å². The second-order valence-electron chi connectivity index (χ2n) is 3.41. The Hall–Kier alpha value is -1.69. The smallest absolute Gasteiger partial charge is 0.338 e. The summed E-state index contributed by atoms with van der Waals surface area (Å²) in [6, 6.07) is 0. The Morgan fingerprint density at radius 2 is 2.44 bits per heavy atom. The normalized spacial score (nSPS) is 10.6. The lowest BCUT2D eigenvalue weighted by Gasteiger charge is -1.99. The number of hydrogen-bond donors (Lipinski definition) is 1. The third-order valence-electron chi connectivity index (χ3n) is 2.29. The fraction of sp³-hybridized carbons (Fsp3) is 0.300. The maximum Gasteiger partial charge on any atom is 0.338 e. The SMILES string of the molecule is Cc1ncsc1CCn1cc(C(=O)O)cn1. The Labute approximate surface area is 96.4 Å². The molecule has 0 saturated heterocycles. The van der Waals surface area contributed by atoms with E-state index in [9.17, 15) is 4.79 Å². The second kappa shape index (κ2) is 4.44. The van der Waals surface area contributed by atoms with E-state index in [1.807, 2.05) is 12.4 Å². The molecule has 0 aliphatic heterocycles. The van der Waals surface area contributed by atoms with Crippen molar-refractivity contribution < 1.29 is 9.90 Å². The molecule has 0 amide bonds. The molecule has 0 atom stereocenters. The molecule has 16 heavy (non-hydrogen) atoms. The Morgan fingerprint density at radius 1 is 1.62 bits per heavy atom. The maximum absolute atomic E-state index is 10.6. The number of rotatable bonds is 4. The largest absolute Gasteiger partial charge is 0.478 e. The Morgan fingerprint density at radius 3 is 3.00 bits per heavy atom. The lowest BCUT2D eigenvalue weighted by molar-refractivity contribution is 0.0697. The zero-order chi connectivity index (χ0) is 11.5. The fourth-order valence-corrected chi connectivity index (χ4v) is 2.15. The number of aromatic nitrogens is 3. The topological polar surface area (TPSA) is 68.0 Å². The predicted molar refractivity (Wildman–Crippen MR) is 59.7 cm³/mol. The van der Waals surface area contributed by atoms with Gasteiger partial charge in [0, 0.05) is 24.0 Å². The predicted octanol–water partition coefficient (Wildman–Crippen LogP) is 1.59. The molecule has 0 saturated carbocycles. The molecule has 0 unspecified atom stereocenters. The van der Waals surface area contributed by atoms with Crippen LogP contribution in [0.1, 0.15) is 20.9 Å². The summed E-state index contributed by atoms with van der Waals surface area (Å²) in [5.41, 5.74) is 3.08. The number of carbonyl (C=O) groups is 1. The van der Waals surface area contributed by atoms with Gasteiger partial charge in [0.1, 0.15) is 0 Å². The van der Waals surface area contributed by atoms with Gasteiger partial charge < -0.3 is 5.11 Å². The third-order valence-corrected chi connectivity index (χ3v) is 3.29. The van der Waals surface area contributed by atoms with Crippen LogP contribution in [0.5, 0.6) is 0 Å². The molecule has 84 valence electrons. The van der Waals surface area contributed by atoms with Crippen LogP contribution in [0, 0.1) is 6.92 Å². The first-order chi connectivity index (χ1) is 7.66. The first-order valence-electron chi connectivity index (χ1n) is 4.81. The summed E-state index contributed by atoms with van der Waals surface area (Å²) in [5, 5.41) is 12.7. The lowest BCUT2D eigenvalue weighted by Crippen LogP contribution is -2.02. The van der Waals surface area contributed by atoms with Crippen molar-refractivity contribution in [3.8, 4) is 0 Å². The van der Waals surface area contributed by atoms with Gasteiger partial charge >= 0.3 is 5.97 Å². The van der Waals surface area contributed by atoms with E-state index in [0.717, 1.165) is 12.1 Å². The molecule has 5 nitrogen and oxygen atoms in total. The van der Waals surface area contributed by atoms with E-state index in [0.29, 0.717) is 6.54 Å². The number of aryl methyl sites for hydroxylation is 3. The molecule has 0 fully saturated rings. The van der Waals surface area contributed by atoms with Crippen molar-refractivity contribution in [2.45, 2.75) is 19.9 Å². The molecular formula is C10H11N3O2S. The molecule has 0 aliphatic rings. The number of carboxylic acids is 1. The highest BCUT2D eigenvalue weighted by Gasteiger charge is 2.06. The Balaban J connectivity index is 2.00. The van der Waals surface area contributed by atoms with Crippen molar-refractivity contribution in [1.82, 2.24) is 14.8 Å². The van der Waals surface area contributed by atoms with E-state index >= 15 is 0 Å². The summed E-state index contributed by atoms with van der Waals surface area (Å²) in [5.74, 6) is -0.944. The van der Waals surface area contributed by atoms with Crippen molar-refractivity contribution >= 4 is 17.3 Å². The fourth-order valence-electron chi connectivity index (χ4n) is 1.38. The summed E-state index contributed by atoms with van der Waals surface area (Å²) >= 11 is 1.61. The zero-order valence-corrected chi connectivity index (χ0v) is 9.57. The lowest BCUT2D eigenvalue weighted by atomic mass is 10.3. The monoisotopic (exact) mass is 237 g/mol. The maximum atomic E-state index is 10.6. The highest BCUT2D eigenvalue weighted by Crippen LogP contribution is 2.13. The third kappa shape index (κ3) is 2.27. The first kappa shape index (κ1) is 10.8. The molecule has 2 aromatic heterocycles. The molecule has 0 spiro atoms. The summed E-state index contributed by atoms with van der Waals surface area (Å²) in [6.07, 6.45) is 3.73. The molecule has 2 rings (SSSR count). The van der Waals surface area contributed by atoms with Crippen LogP contribution in [-0.2, 0) is 13.0 Å². The Kier molecular flexibility index (Phi) is 3.00. The molecule has 0 aromatic carbocycles. The molecule has 0 radical (unpaired) electrons. The standard InChI is InChI=1S/C10H11N3O2S/c1-7-9(16-6-11-7)2-3-13-5-8(4-12-13)10(14)15/h4-6H,2-3H2,1H3,(H,14,15). The molecule has 2 aromatic rings. The first-order valence-corrected chi connectivity index (χ1v) is 5.69. The van der Waals surface area contributed by atoms with Gasteiger partial charge in [0.05, 0.1) is 23.0 Å². The minimum absolute atomic E-state index is 0.223. The van der Waals surface area contributed by atoms with Crippen LogP contribution in [-0.4, -0.2) is 25.8 Å². The molecular weight excluding hydrogens is 226 g/mol. The van der Waals surface area contributed by atoms with E-state index in [4.69, 9.17) is 5.11 Å². The van der Waals surface area contributed by atoms with Crippen molar-refractivity contribution in [1.29, 1.82) is 0 Å². The molecule has 1 N–H and O–H groups in total. The molecule has 0 aliphatic carbocycles. The second-order valence-corrected chi connectivity index (χ2v) is 4.35. The zero-order valence-electron chi connectivity index (χ0n) is 8.75. The van der Waals surface area contributed by atoms with Gasteiger partial charge in [-0.25, -0.2) is 9.78 Å². The van der Waals surface area contributed by atoms with E-state index in [1.54, 1.807) is 22.2 Å². The van der Waals surface area contributed by atoms with Gasteiger partial charge in [0.15, 0.2) is 0 Å². The van der Waals surface area contributed by atoms with Gasteiger partial charge in [-0.15, -0.1) is 11.3 Å². The molecule has 2 heterocycles. The van der Waals surface area contributed by atoms with Gasteiger partial charge in [-0.2, -0.15) is 5.10 Å². The number of hydrogen-bond acceptors (Lipinski definition) is 4. The van der Waals surface area contributed by atoms with E-state index in [1.165, 1.54) is 11.1 Å². The molecule has 0 bridgehead atoms. The van der Waals surface area contributed by atoms with Crippen LogP contribution in [0.2, 0.25) is 0 Å². The van der Waals surface area contributed by atoms with E-state index < -0.39 is 5.97 Å². The Bertz CT molecular complexity index is 504. The summed E-state index contributed by atoms with van der Waals surface area (Å²) < 4.78 is 1.64. The van der Waals surface area contributed by atoms with E-state index in [-0.39, 0.29) is 5.56 Å². The van der Waals surface area contributed by atoms with Crippen LogP contribution in [0.15, 0.2) is 17.9 Å². The van der Waals surface area contributed by atoms with Crippen LogP contribution < -0.4 is 0 Å².